The molecule has 116 valence electrons. The fourth-order valence-corrected chi connectivity index (χ4v) is 2.30. The summed E-state index contributed by atoms with van der Waals surface area (Å²) < 4.78 is 31.3. The Kier molecular flexibility index (Phi) is 4.62. The predicted molar refractivity (Wildman–Crippen MR) is 82.7 cm³/mol. The number of non-ortho nitro benzene ring substituents is 1. The lowest BCUT2D eigenvalue weighted by molar-refractivity contribution is -0.384. The summed E-state index contributed by atoms with van der Waals surface area (Å²) in [6.45, 7) is 1.49. The molecule has 0 amide bonds. The van der Waals surface area contributed by atoms with Crippen molar-refractivity contribution in [1.29, 1.82) is 0 Å². The first-order valence-electron chi connectivity index (χ1n) is 6.43. The molecule has 0 atom stereocenters. The quantitative estimate of drug-likeness (QED) is 0.650. The van der Waals surface area contributed by atoms with Gasteiger partial charge in [-0.1, -0.05) is 18.2 Å². The summed E-state index contributed by atoms with van der Waals surface area (Å²) >= 11 is 0. The van der Waals surface area contributed by atoms with E-state index in [1.807, 2.05) is 0 Å². The fourth-order valence-electron chi connectivity index (χ4n) is 1.65. The van der Waals surface area contributed by atoms with Gasteiger partial charge in [-0.3, -0.25) is 14.8 Å². The maximum absolute atomic E-state index is 11.7. The number of hydrogen-bond acceptors (Lipinski definition) is 5. The van der Waals surface area contributed by atoms with Crippen LogP contribution in [-0.4, -0.2) is 19.1 Å². The Balaban J connectivity index is 2.42. The minimum absolute atomic E-state index is 0.0671. The molecule has 2 aromatic carbocycles. The number of nitro benzene ring substituents is 1. The molecular weight excluding hydrogens is 308 g/mol. The first kappa shape index (κ1) is 15.8. The molecule has 0 aromatic heterocycles. The van der Waals surface area contributed by atoms with Gasteiger partial charge in [-0.25, -0.2) is 8.42 Å². The van der Waals surface area contributed by atoms with Gasteiger partial charge in [0.25, 0.3) is 5.69 Å². The second-order valence-corrected chi connectivity index (χ2v) is 6.37. The molecule has 0 aliphatic carbocycles. The molecule has 2 rings (SSSR count). The highest BCUT2D eigenvalue weighted by atomic mass is 32.2. The van der Waals surface area contributed by atoms with Crippen molar-refractivity contribution in [2.45, 2.75) is 6.92 Å². The molecule has 0 unspecified atom stereocenters. The maximum atomic E-state index is 11.7. The van der Waals surface area contributed by atoms with E-state index >= 15 is 0 Å². The summed E-state index contributed by atoms with van der Waals surface area (Å²) in [6, 6.07) is 12.3. The van der Waals surface area contributed by atoms with Crippen LogP contribution in [0.5, 0.6) is 11.5 Å². The van der Waals surface area contributed by atoms with Crippen LogP contribution >= 0.6 is 0 Å². The van der Waals surface area contributed by atoms with E-state index in [2.05, 4.69) is 4.72 Å². The summed E-state index contributed by atoms with van der Waals surface area (Å²) in [4.78, 5) is 10.3. The Labute approximate surface area is 127 Å². The molecule has 0 fully saturated rings. The van der Waals surface area contributed by atoms with Crippen LogP contribution in [0.4, 0.5) is 11.4 Å². The van der Waals surface area contributed by atoms with Crippen molar-refractivity contribution >= 4 is 21.4 Å². The van der Waals surface area contributed by atoms with E-state index in [4.69, 9.17) is 4.74 Å². The van der Waals surface area contributed by atoms with E-state index in [9.17, 15) is 18.5 Å². The molecule has 7 nitrogen and oxygen atoms in total. The van der Waals surface area contributed by atoms with Crippen molar-refractivity contribution in [3.63, 3.8) is 0 Å². The van der Waals surface area contributed by atoms with Crippen LogP contribution in [0, 0.1) is 10.1 Å². The monoisotopic (exact) mass is 322 g/mol. The fraction of sp³-hybridized carbons (Fsp3) is 0.143. The van der Waals surface area contributed by atoms with E-state index in [1.54, 1.807) is 30.3 Å². The van der Waals surface area contributed by atoms with Gasteiger partial charge in [-0.05, 0) is 25.1 Å². The lowest BCUT2D eigenvalue weighted by Gasteiger charge is -2.12. The summed E-state index contributed by atoms with van der Waals surface area (Å²) in [7, 11) is -3.52. The molecule has 0 aliphatic heterocycles. The van der Waals surface area contributed by atoms with Gasteiger partial charge in [0.05, 0.1) is 22.4 Å². The van der Waals surface area contributed by atoms with Gasteiger partial charge in [-0.2, -0.15) is 0 Å². The highest BCUT2D eigenvalue weighted by Crippen LogP contribution is 2.33. The molecular formula is C14H14N2O5S. The number of hydrogen-bond donors (Lipinski definition) is 1. The zero-order valence-electron chi connectivity index (χ0n) is 11.7. The van der Waals surface area contributed by atoms with Crippen LogP contribution in [0.25, 0.3) is 0 Å². The average molecular weight is 322 g/mol. The average Bonchev–Trinajstić information content (AvgIpc) is 2.49. The third kappa shape index (κ3) is 3.95. The van der Waals surface area contributed by atoms with Crippen molar-refractivity contribution in [3.8, 4) is 11.5 Å². The Morgan fingerprint density at radius 1 is 1.18 bits per heavy atom. The minimum Gasteiger partial charge on any atom is -0.455 e. The molecule has 0 heterocycles. The third-order valence-corrected chi connectivity index (χ3v) is 4.08. The molecule has 8 heteroatoms. The molecule has 0 aliphatic rings. The van der Waals surface area contributed by atoms with Gasteiger partial charge in [0.1, 0.15) is 5.75 Å². The van der Waals surface area contributed by atoms with Crippen molar-refractivity contribution < 1.29 is 18.1 Å². The Hall–Kier alpha value is -2.61. The number of nitrogens with one attached hydrogen (secondary N) is 1. The van der Waals surface area contributed by atoms with E-state index in [0.29, 0.717) is 5.75 Å². The maximum Gasteiger partial charge on any atom is 0.273 e. The molecule has 2 aromatic rings. The number of nitrogens with zero attached hydrogens (tertiary/aromatic N) is 1. The lowest BCUT2D eigenvalue weighted by atomic mass is 10.2. The second kappa shape index (κ2) is 6.44. The van der Waals surface area contributed by atoms with Gasteiger partial charge in [0, 0.05) is 6.07 Å². The first-order chi connectivity index (χ1) is 10.4. The normalized spacial score (nSPS) is 11.0. The van der Waals surface area contributed by atoms with Crippen LogP contribution in [0.15, 0.2) is 48.5 Å². The Morgan fingerprint density at radius 3 is 2.45 bits per heavy atom. The largest absolute Gasteiger partial charge is 0.455 e. The molecule has 0 saturated carbocycles. The smallest absolute Gasteiger partial charge is 0.273 e. The standard InChI is InChI=1S/C14H14N2O5S/c1-2-22(19,20)15-13-9-8-11(16(17)18)10-14(13)21-12-6-4-3-5-7-12/h3-10,15H,2H2,1H3. The third-order valence-electron chi connectivity index (χ3n) is 2.79. The van der Waals surface area contributed by atoms with Gasteiger partial charge in [-0.15, -0.1) is 0 Å². The van der Waals surface area contributed by atoms with Crippen molar-refractivity contribution in [3.05, 3.63) is 58.6 Å². The molecule has 1 N–H and O–H groups in total. The van der Waals surface area contributed by atoms with Gasteiger partial charge in [0.2, 0.25) is 10.0 Å². The minimum atomic E-state index is -3.52. The summed E-state index contributed by atoms with van der Waals surface area (Å²) in [5, 5.41) is 10.9. The van der Waals surface area contributed by atoms with Crippen LogP contribution in [0.2, 0.25) is 0 Å². The summed E-state index contributed by atoms with van der Waals surface area (Å²) in [6.07, 6.45) is 0. The topological polar surface area (TPSA) is 98.5 Å². The van der Waals surface area contributed by atoms with E-state index in [-0.39, 0.29) is 22.9 Å². The second-order valence-electron chi connectivity index (χ2n) is 4.36. The van der Waals surface area contributed by atoms with Crippen LogP contribution in [0.1, 0.15) is 6.92 Å². The van der Waals surface area contributed by atoms with E-state index in [0.717, 1.165) is 0 Å². The Morgan fingerprint density at radius 2 is 1.86 bits per heavy atom. The van der Waals surface area contributed by atoms with Crippen LogP contribution < -0.4 is 9.46 Å². The summed E-state index contributed by atoms with van der Waals surface area (Å²) in [5.41, 5.74) is -0.0401. The van der Waals surface area contributed by atoms with Gasteiger partial charge < -0.3 is 4.74 Å². The number of ether oxygens (including phenoxy) is 1. The number of para-hydroxylation sites is 1. The SMILES string of the molecule is CCS(=O)(=O)Nc1ccc([N+](=O)[O-])cc1Oc1ccccc1. The molecule has 0 radical (unpaired) electrons. The highest BCUT2D eigenvalue weighted by molar-refractivity contribution is 7.92. The zero-order chi connectivity index (χ0) is 16.2. The van der Waals surface area contributed by atoms with E-state index in [1.165, 1.54) is 25.1 Å². The molecule has 0 bridgehead atoms. The zero-order valence-corrected chi connectivity index (χ0v) is 12.5. The van der Waals surface area contributed by atoms with E-state index < -0.39 is 14.9 Å². The van der Waals surface area contributed by atoms with Crippen molar-refractivity contribution in [2.75, 3.05) is 10.5 Å². The predicted octanol–water partition coefficient (Wildman–Crippen LogP) is 3.15. The Bertz CT molecular complexity index is 775. The summed E-state index contributed by atoms with van der Waals surface area (Å²) in [5.74, 6) is 0.395. The number of nitro groups is 1. The highest BCUT2D eigenvalue weighted by Gasteiger charge is 2.16. The number of anilines is 1. The van der Waals surface area contributed by atoms with Crippen molar-refractivity contribution in [2.24, 2.45) is 0 Å². The van der Waals surface area contributed by atoms with Gasteiger partial charge in [0.15, 0.2) is 5.75 Å². The van der Waals surface area contributed by atoms with Crippen LogP contribution in [-0.2, 0) is 10.0 Å². The number of benzene rings is 2. The molecule has 0 spiro atoms. The number of sulfonamides is 1. The van der Waals surface area contributed by atoms with Gasteiger partial charge >= 0.3 is 0 Å². The van der Waals surface area contributed by atoms with Crippen LogP contribution in [0.3, 0.4) is 0 Å². The molecule has 22 heavy (non-hydrogen) atoms. The molecule has 0 saturated heterocycles. The van der Waals surface area contributed by atoms with Crippen molar-refractivity contribution in [1.82, 2.24) is 0 Å². The number of rotatable bonds is 6. The lowest BCUT2D eigenvalue weighted by Crippen LogP contribution is -2.15. The first-order valence-corrected chi connectivity index (χ1v) is 8.08.